The Labute approximate surface area is 154 Å². The van der Waals surface area contributed by atoms with E-state index in [4.69, 9.17) is 15.2 Å². The van der Waals surface area contributed by atoms with Gasteiger partial charge in [0.05, 0.1) is 18.3 Å². The Hall–Kier alpha value is -2.85. The van der Waals surface area contributed by atoms with Gasteiger partial charge in [0.25, 0.3) is 0 Å². The summed E-state index contributed by atoms with van der Waals surface area (Å²) in [4.78, 5) is 4.33. The van der Waals surface area contributed by atoms with Crippen molar-refractivity contribution in [1.82, 2.24) is 4.98 Å². The predicted octanol–water partition coefficient (Wildman–Crippen LogP) is 4.30. The second-order valence-corrected chi connectivity index (χ2v) is 6.05. The van der Waals surface area contributed by atoms with Crippen LogP contribution in [0.15, 0.2) is 72.9 Å². The fourth-order valence-corrected chi connectivity index (χ4v) is 2.76. The SMILES string of the molecule is CCOc1cc(CC(N)c2ccccn2)ccc1OCc1ccccc1. The molecule has 1 aromatic heterocycles. The van der Waals surface area contributed by atoms with Gasteiger partial charge in [-0.3, -0.25) is 4.98 Å². The van der Waals surface area contributed by atoms with Crippen LogP contribution >= 0.6 is 0 Å². The first-order valence-corrected chi connectivity index (χ1v) is 8.85. The van der Waals surface area contributed by atoms with Crippen LogP contribution < -0.4 is 15.2 Å². The number of benzene rings is 2. The van der Waals surface area contributed by atoms with Gasteiger partial charge in [-0.1, -0.05) is 42.5 Å². The molecule has 0 aliphatic rings. The van der Waals surface area contributed by atoms with Crippen LogP contribution in [0.25, 0.3) is 0 Å². The number of hydrogen-bond donors (Lipinski definition) is 1. The van der Waals surface area contributed by atoms with Crippen LogP contribution in [-0.4, -0.2) is 11.6 Å². The van der Waals surface area contributed by atoms with Crippen molar-refractivity contribution in [3.8, 4) is 11.5 Å². The fourth-order valence-electron chi connectivity index (χ4n) is 2.76. The topological polar surface area (TPSA) is 57.4 Å². The molecule has 1 unspecified atom stereocenters. The fraction of sp³-hybridized carbons (Fsp3) is 0.227. The minimum absolute atomic E-state index is 0.151. The van der Waals surface area contributed by atoms with Gasteiger partial charge in [0.1, 0.15) is 6.61 Å². The van der Waals surface area contributed by atoms with Crippen molar-refractivity contribution in [2.45, 2.75) is 26.0 Å². The zero-order valence-corrected chi connectivity index (χ0v) is 15.0. The molecule has 0 amide bonds. The lowest BCUT2D eigenvalue weighted by Crippen LogP contribution is -2.14. The smallest absolute Gasteiger partial charge is 0.161 e. The van der Waals surface area contributed by atoms with Crippen LogP contribution in [-0.2, 0) is 13.0 Å². The van der Waals surface area contributed by atoms with Gasteiger partial charge in [-0.25, -0.2) is 0 Å². The standard InChI is InChI=1S/C22H24N2O2/c1-2-25-22-15-18(14-19(23)20-10-6-7-13-24-20)11-12-21(22)26-16-17-8-4-3-5-9-17/h3-13,15,19H,2,14,16,23H2,1H3. The summed E-state index contributed by atoms with van der Waals surface area (Å²) in [5.74, 6) is 1.49. The van der Waals surface area contributed by atoms with Gasteiger partial charge >= 0.3 is 0 Å². The molecule has 0 saturated heterocycles. The third-order valence-corrected chi connectivity index (χ3v) is 4.07. The summed E-state index contributed by atoms with van der Waals surface area (Å²) in [5, 5.41) is 0. The molecular formula is C22H24N2O2. The molecule has 1 atom stereocenters. The van der Waals surface area contributed by atoms with Crippen LogP contribution in [0.2, 0.25) is 0 Å². The molecule has 2 N–H and O–H groups in total. The molecule has 1 heterocycles. The molecule has 0 fully saturated rings. The quantitative estimate of drug-likeness (QED) is 0.659. The van der Waals surface area contributed by atoms with E-state index in [1.165, 1.54) is 0 Å². The summed E-state index contributed by atoms with van der Waals surface area (Å²) < 4.78 is 11.7. The number of ether oxygens (including phenoxy) is 2. The number of hydrogen-bond acceptors (Lipinski definition) is 4. The summed E-state index contributed by atoms with van der Waals surface area (Å²) in [7, 11) is 0. The second-order valence-electron chi connectivity index (χ2n) is 6.05. The first-order chi connectivity index (χ1) is 12.8. The Balaban J connectivity index is 1.71. The van der Waals surface area contributed by atoms with Gasteiger partial charge < -0.3 is 15.2 Å². The van der Waals surface area contributed by atoms with Gasteiger partial charge in [0.2, 0.25) is 0 Å². The molecule has 2 aromatic carbocycles. The molecule has 3 aromatic rings. The lowest BCUT2D eigenvalue weighted by molar-refractivity contribution is 0.269. The zero-order valence-electron chi connectivity index (χ0n) is 15.0. The predicted molar refractivity (Wildman–Crippen MR) is 103 cm³/mol. The highest BCUT2D eigenvalue weighted by Crippen LogP contribution is 2.30. The molecule has 0 spiro atoms. The maximum atomic E-state index is 6.29. The summed E-state index contributed by atoms with van der Waals surface area (Å²) in [6.07, 6.45) is 2.46. The summed E-state index contributed by atoms with van der Waals surface area (Å²) >= 11 is 0. The van der Waals surface area contributed by atoms with E-state index in [1.807, 2.05) is 73.7 Å². The average molecular weight is 348 g/mol. The Kier molecular flexibility index (Phi) is 6.23. The van der Waals surface area contributed by atoms with Crippen LogP contribution in [0, 0.1) is 0 Å². The van der Waals surface area contributed by atoms with E-state index in [1.54, 1.807) is 6.20 Å². The Morgan fingerprint density at radius 1 is 0.885 bits per heavy atom. The highest BCUT2D eigenvalue weighted by Gasteiger charge is 2.12. The first kappa shape index (κ1) is 18.0. The van der Waals surface area contributed by atoms with E-state index >= 15 is 0 Å². The van der Waals surface area contributed by atoms with Gasteiger partial charge in [0, 0.05) is 6.20 Å². The molecule has 0 saturated carbocycles. The van der Waals surface area contributed by atoms with E-state index in [0.717, 1.165) is 28.3 Å². The lowest BCUT2D eigenvalue weighted by atomic mass is 10.0. The van der Waals surface area contributed by atoms with Crippen molar-refractivity contribution < 1.29 is 9.47 Å². The second kappa shape index (κ2) is 9.02. The maximum Gasteiger partial charge on any atom is 0.161 e. The highest BCUT2D eigenvalue weighted by molar-refractivity contribution is 5.43. The average Bonchev–Trinajstić information content (AvgIpc) is 2.69. The number of aromatic nitrogens is 1. The summed E-state index contributed by atoms with van der Waals surface area (Å²) in [5.41, 5.74) is 9.39. The Bertz CT molecular complexity index is 807. The van der Waals surface area contributed by atoms with Crippen molar-refractivity contribution >= 4 is 0 Å². The molecule has 26 heavy (non-hydrogen) atoms. The largest absolute Gasteiger partial charge is 0.490 e. The van der Waals surface area contributed by atoms with Crippen molar-refractivity contribution in [1.29, 1.82) is 0 Å². The maximum absolute atomic E-state index is 6.29. The van der Waals surface area contributed by atoms with Crippen LogP contribution in [0.1, 0.15) is 29.8 Å². The minimum atomic E-state index is -0.151. The molecular weight excluding hydrogens is 324 g/mol. The highest BCUT2D eigenvalue weighted by atomic mass is 16.5. The van der Waals surface area contributed by atoms with E-state index < -0.39 is 0 Å². The van der Waals surface area contributed by atoms with Crippen molar-refractivity contribution in [2.75, 3.05) is 6.61 Å². The molecule has 0 aliphatic carbocycles. The normalized spacial score (nSPS) is 11.8. The third kappa shape index (κ3) is 4.83. The van der Waals surface area contributed by atoms with Gasteiger partial charge in [-0.05, 0) is 48.7 Å². The first-order valence-electron chi connectivity index (χ1n) is 8.85. The van der Waals surface area contributed by atoms with Crippen LogP contribution in [0.5, 0.6) is 11.5 Å². The van der Waals surface area contributed by atoms with E-state index in [9.17, 15) is 0 Å². The lowest BCUT2D eigenvalue weighted by Gasteiger charge is -2.15. The number of pyridine rings is 1. The van der Waals surface area contributed by atoms with E-state index in [2.05, 4.69) is 4.98 Å². The summed E-state index contributed by atoms with van der Waals surface area (Å²) in [6.45, 7) is 3.05. The van der Waals surface area contributed by atoms with Crippen LogP contribution in [0.3, 0.4) is 0 Å². The summed E-state index contributed by atoms with van der Waals surface area (Å²) in [6, 6.07) is 21.7. The molecule has 0 aliphatic heterocycles. The zero-order chi connectivity index (χ0) is 18.2. The van der Waals surface area contributed by atoms with Gasteiger partial charge in [-0.15, -0.1) is 0 Å². The van der Waals surface area contributed by atoms with Gasteiger partial charge in [-0.2, -0.15) is 0 Å². The number of rotatable bonds is 8. The Morgan fingerprint density at radius 3 is 2.42 bits per heavy atom. The molecule has 0 bridgehead atoms. The minimum Gasteiger partial charge on any atom is -0.490 e. The monoisotopic (exact) mass is 348 g/mol. The Morgan fingerprint density at radius 2 is 1.69 bits per heavy atom. The van der Waals surface area contributed by atoms with Crippen molar-refractivity contribution in [3.05, 3.63) is 89.7 Å². The van der Waals surface area contributed by atoms with Gasteiger partial charge in [0.15, 0.2) is 11.5 Å². The van der Waals surface area contributed by atoms with E-state index in [0.29, 0.717) is 19.6 Å². The number of nitrogens with two attached hydrogens (primary N) is 1. The molecule has 0 radical (unpaired) electrons. The molecule has 4 nitrogen and oxygen atoms in total. The number of nitrogens with zero attached hydrogens (tertiary/aromatic N) is 1. The molecule has 4 heteroatoms. The molecule has 134 valence electrons. The third-order valence-electron chi connectivity index (χ3n) is 4.07. The van der Waals surface area contributed by atoms with Crippen LogP contribution in [0.4, 0.5) is 0 Å². The van der Waals surface area contributed by atoms with Crippen molar-refractivity contribution in [2.24, 2.45) is 5.73 Å². The van der Waals surface area contributed by atoms with Crippen molar-refractivity contribution in [3.63, 3.8) is 0 Å². The molecule has 3 rings (SSSR count). The van der Waals surface area contributed by atoms with E-state index in [-0.39, 0.29) is 6.04 Å².